The zero-order chi connectivity index (χ0) is 32.6. The van der Waals surface area contributed by atoms with Gasteiger partial charge in [0.15, 0.2) is 0 Å². The highest BCUT2D eigenvalue weighted by Crippen LogP contribution is 2.47. The van der Waals surface area contributed by atoms with Crippen molar-refractivity contribution in [2.24, 2.45) is 4.99 Å². The van der Waals surface area contributed by atoms with Crippen LogP contribution in [-0.2, 0) is 0 Å². The number of hydrogen-bond donors (Lipinski definition) is 0. The lowest BCUT2D eigenvalue weighted by Gasteiger charge is -2.21. The van der Waals surface area contributed by atoms with Gasteiger partial charge in [-0.2, -0.15) is 0 Å². The first-order valence-corrected chi connectivity index (χ1v) is 16.5. The number of aliphatic imine (C=N–C) groups is 1. The van der Waals surface area contributed by atoms with Gasteiger partial charge in [0.2, 0.25) is 0 Å². The van der Waals surface area contributed by atoms with E-state index in [0.29, 0.717) is 0 Å². The fourth-order valence-corrected chi connectivity index (χ4v) is 6.95. The number of rotatable bonds is 6. The van der Waals surface area contributed by atoms with Gasteiger partial charge in [-0.25, -0.2) is 4.99 Å². The third kappa shape index (κ3) is 5.30. The van der Waals surface area contributed by atoms with Crippen LogP contribution in [-0.4, -0.2) is 5.71 Å². The van der Waals surface area contributed by atoms with Gasteiger partial charge >= 0.3 is 0 Å². The Morgan fingerprint density at radius 3 is 1.56 bits per heavy atom. The lowest BCUT2D eigenvalue weighted by Crippen LogP contribution is -2.05. The summed E-state index contributed by atoms with van der Waals surface area (Å²) in [6.45, 7) is 8.99. The first-order valence-electron chi connectivity index (χ1n) is 16.5. The summed E-state index contributed by atoms with van der Waals surface area (Å²) in [5, 5.41) is 7.27. The Hall–Kier alpha value is -6.05. The molecule has 0 bridgehead atoms. The molecule has 8 aromatic carbocycles. The van der Waals surface area contributed by atoms with Crippen molar-refractivity contribution in [2.75, 3.05) is 0 Å². The Bertz CT molecular complexity index is 2520. The van der Waals surface area contributed by atoms with Crippen LogP contribution >= 0.6 is 0 Å². The molecule has 0 atom stereocenters. The summed E-state index contributed by atoms with van der Waals surface area (Å²) in [4.78, 5) is 5.71. The van der Waals surface area contributed by atoms with Gasteiger partial charge < -0.3 is 0 Å². The lowest BCUT2D eigenvalue weighted by molar-refractivity contribution is 1.40. The monoisotopic (exact) mass is 613 g/mol. The average molecular weight is 614 g/mol. The molecule has 0 aromatic heterocycles. The molecule has 0 fully saturated rings. The first-order chi connectivity index (χ1) is 23.5. The summed E-state index contributed by atoms with van der Waals surface area (Å²) in [6.07, 6.45) is 0. The predicted molar refractivity (Wildman–Crippen MR) is 207 cm³/mol. The smallest absolute Gasteiger partial charge is 0.0781 e. The van der Waals surface area contributed by atoms with Gasteiger partial charge in [0.25, 0.3) is 0 Å². The van der Waals surface area contributed by atoms with E-state index in [4.69, 9.17) is 4.99 Å². The van der Waals surface area contributed by atoms with E-state index in [-0.39, 0.29) is 0 Å². The quantitative estimate of drug-likeness (QED) is 0.165. The van der Waals surface area contributed by atoms with Crippen molar-refractivity contribution in [3.63, 3.8) is 0 Å². The molecule has 0 saturated carbocycles. The maximum absolute atomic E-state index is 5.71. The number of hydrogen-bond acceptors (Lipinski definition) is 1. The molecule has 1 heteroatoms. The molecule has 0 N–H and O–H groups in total. The van der Waals surface area contributed by atoms with Crippen molar-refractivity contribution in [3.8, 4) is 22.3 Å². The maximum atomic E-state index is 5.71. The topological polar surface area (TPSA) is 12.4 Å². The zero-order valence-electron chi connectivity index (χ0n) is 27.2. The molecule has 0 saturated heterocycles. The SMILES string of the molecule is C=C(C(=Nc1c(C)c(-c2ccc3ccccc3c2)c2ccccc2c1-c1ccc2ccccc2c1)c1ccc(C)cc1)c1ccccc1. The molecule has 1 nitrogen and oxygen atoms in total. The third-order valence-corrected chi connectivity index (χ3v) is 9.47. The molecule has 8 rings (SSSR count). The highest BCUT2D eigenvalue weighted by Gasteiger charge is 2.21. The highest BCUT2D eigenvalue weighted by atomic mass is 14.8. The van der Waals surface area contributed by atoms with E-state index < -0.39 is 0 Å². The summed E-state index contributed by atoms with van der Waals surface area (Å²) in [7, 11) is 0. The van der Waals surface area contributed by atoms with Gasteiger partial charge in [-0.1, -0.05) is 164 Å². The van der Waals surface area contributed by atoms with Crippen LogP contribution < -0.4 is 0 Å². The molecule has 0 heterocycles. The van der Waals surface area contributed by atoms with Crippen LogP contribution in [0.15, 0.2) is 175 Å². The Labute approximate surface area is 282 Å². The molecule has 0 unspecified atom stereocenters. The van der Waals surface area contributed by atoms with E-state index >= 15 is 0 Å². The molecule has 0 spiro atoms. The average Bonchev–Trinajstić information content (AvgIpc) is 3.14. The van der Waals surface area contributed by atoms with Crippen molar-refractivity contribution >= 4 is 49.3 Å². The number of aryl methyl sites for hydroxylation is 1. The molecular weight excluding hydrogens is 579 g/mol. The number of benzene rings is 8. The van der Waals surface area contributed by atoms with Gasteiger partial charge in [-0.05, 0) is 86.1 Å². The van der Waals surface area contributed by atoms with Crippen molar-refractivity contribution in [1.82, 2.24) is 0 Å². The first kappa shape index (κ1) is 29.4. The van der Waals surface area contributed by atoms with Crippen molar-refractivity contribution < 1.29 is 0 Å². The van der Waals surface area contributed by atoms with Crippen molar-refractivity contribution in [1.29, 1.82) is 0 Å². The summed E-state index contributed by atoms with van der Waals surface area (Å²) < 4.78 is 0. The second-order valence-electron chi connectivity index (χ2n) is 12.6. The highest BCUT2D eigenvalue weighted by molar-refractivity contribution is 6.32. The van der Waals surface area contributed by atoms with Crippen LogP contribution in [0.2, 0.25) is 0 Å². The number of nitrogens with zero attached hydrogens (tertiary/aromatic N) is 1. The minimum Gasteiger partial charge on any atom is -0.247 e. The van der Waals surface area contributed by atoms with Crippen LogP contribution in [0.5, 0.6) is 0 Å². The molecule has 0 aliphatic rings. The summed E-state index contributed by atoms with van der Waals surface area (Å²) in [6, 6.07) is 58.6. The summed E-state index contributed by atoms with van der Waals surface area (Å²) in [5.74, 6) is 0. The molecule has 0 aliphatic carbocycles. The number of fused-ring (bicyclic) bond motifs is 3. The molecule has 0 aliphatic heterocycles. The molecule has 228 valence electrons. The largest absolute Gasteiger partial charge is 0.247 e. The standard InChI is InChI=1S/C47H35N/c1-31-21-23-37(24-22-31)46(32(2)34-13-5-4-6-14-34)48-47-33(3)44(40-27-25-35-15-7-9-17-38(35)29-40)42-19-11-12-20-43(42)45(47)41-28-26-36-16-8-10-18-39(36)30-41/h4-30H,2H2,1,3H3. The Morgan fingerprint density at radius 1 is 0.458 bits per heavy atom. The normalized spacial score (nSPS) is 11.8. The van der Waals surface area contributed by atoms with Crippen LogP contribution in [0.1, 0.15) is 22.3 Å². The Balaban J connectivity index is 1.49. The third-order valence-electron chi connectivity index (χ3n) is 9.47. The minimum absolute atomic E-state index is 0.867. The van der Waals surface area contributed by atoms with Crippen molar-refractivity contribution in [2.45, 2.75) is 13.8 Å². The van der Waals surface area contributed by atoms with E-state index in [0.717, 1.165) is 44.8 Å². The zero-order valence-corrected chi connectivity index (χ0v) is 27.2. The van der Waals surface area contributed by atoms with Gasteiger partial charge in [-0.15, -0.1) is 0 Å². The van der Waals surface area contributed by atoms with Gasteiger partial charge in [0.05, 0.1) is 11.4 Å². The van der Waals surface area contributed by atoms with Crippen molar-refractivity contribution in [3.05, 3.63) is 193 Å². The molecule has 48 heavy (non-hydrogen) atoms. The Morgan fingerprint density at radius 2 is 0.958 bits per heavy atom. The van der Waals surface area contributed by atoms with Gasteiger partial charge in [-0.3, -0.25) is 0 Å². The molecule has 0 radical (unpaired) electrons. The summed E-state index contributed by atoms with van der Waals surface area (Å²) in [5.41, 5.74) is 11.8. The van der Waals surface area contributed by atoms with E-state index in [9.17, 15) is 0 Å². The minimum atomic E-state index is 0.867. The fourth-order valence-electron chi connectivity index (χ4n) is 6.95. The summed E-state index contributed by atoms with van der Waals surface area (Å²) >= 11 is 0. The van der Waals surface area contributed by atoms with E-state index in [1.54, 1.807) is 0 Å². The number of allylic oxidation sites excluding steroid dienone is 1. The van der Waals surface area contributed by atoms with E-state index in [2.05, 4.69) is 178 Å². The molecular formula is C47H35N. The Kier molecular flexibility index (Phi) is 7.51. The maximum Gasteiger partial charge on any atom is 0.0781 e. The van der Waals surface area contributed by atoms with E-state index in [1.807, 2.05) is 6.07 Å². The van der Waals surface area contributed by atoms with Crippen LogP contribution in [0.25, 0.3) is 60.1 Å². The van der Waals surface area contributed by atoms with Crippen LogP contribution in [0.4, 0.5) is 5.69 Å². The van der Waals surface area contributed by atoms with Gasteiger partial charge in [0, 0.05) is 16.7 Å². The van der Waals surface area contributed by atoms with Crippen LogP contribution in [0.3, 0.4) is 0 Å². The second-order valence-corrected chi connectivity index (χ2v) is 12.6. The lowest BCUT2D eigenvalue weighted by atomic mass is 9.85. The fraction of sp³-hybridized carbons (Fsp3) is 0.0426. The van der Waals surface area contributed by atoms with Gasteiger partial charge in [0.1, 0.15) is 0 Å². The predicted octanol–water partition coefficient (Wildman–Crippen LogP) is 12.9. The van der Waals surface area contributed by atoms with E-state index in [1.165, 1.54) is 49.0 Å². The molecule has 8 aromatic rings. The second kappa shape index (κ2) is 12.3. The van der Waals surface area contributed by atoms with Crippen LogP contribution in [0, 0.1) is 13.8 Å². The molecule has 0 amide bonds.